The van der Waals surface area contributed by atoms with E-state index in [1.165, 1.54) is 28.7 Å². The number of nitrogens with zero attached hydrogens (tertiary/aromatic N) is 1. The fraction of sp³-hybridized carbons (Fsp3) is 0.188. The zero-order chi connectivity index (χ0) is 17.7. The van der Waals surface area contributed by atoms with Gasteiger partial charge in [0.25, 0.3) is 5.91 Å². The van der Waals surface area contributed by atoms with E-state index in [1.54, 1.807) is 31.4 Å². The van der Waals surface area contributed by atoms with Crippen LogP contribution < -0.4 is 5.32 Å². The zero-order valence-corrected chi connectivity index (χ0v) is 16.0. The van der Waals surface area contributed by atoms with Crippen molar-refractivity contribution >= 4 is 61.6 Å². The Morgan fingerprint density at radius 2 is 2.12 bits per heavy atom. The molecule has 0 aliphatic carbocycles. The van der Waals surface area contributed by atoms with Crippen LogP contribution in [0.3, 0.4) is 0 Å². The summed E-state index contributed by atoms with van der Waals surface area (Å²) >= 11 is 5.94. The topological polar surface area (TPSA) is 79.2 Å². The summed E-state index contributed by atoms with van der Waals surface area (Å²) in [6.07, 6.45) is 1.25. The average Bonchev–Trinajstić information content (AvgIpc) is 3.12. The highest BCUT2D eigenvalue weighted by Gasteiger charge is 2.19. The quantitative estimate of drug-likeness (QED) is 0.429. The summed E-state index contributed by atoms with van der Waals surface area (Å²) in [4.78, 5) is 25.1. The second kappa shape index (κ2) is 8.24. The maximum atomic E-state index is 12.3. The van der Waals surface area contributed by atoms with Crippen molar-refractivity contribution in [2.45, 2.75) is 20.0 Å². The van der Waals surface area contributed by atoms with Crippen LogP contribution in [0.2, 0.25) is 0 Å². The molecule has 2 rings (SSSR count). The lowest BCUT2D eigenvalue weighted by Gasteiger charge is -2.09. The maximum Gasteiger partial charge on any atom is 0.341 e. The van der Waals surface area contributed by atoms with E-state index in [1.807, 2.05) is 12.1 Å². The van der Waals surface area contributed by atoms with E-state index >= 15 is 0 Å². The molecule has 1 amide bonds. The first-order valence-corrected chi connectivity index (χ1v) is 9.36. The third-order valence-corrected chi connectivity index (χ3v) is 5.10. The predicted octanol–water partition coefficient (Wildman–Crippen LogP) is 4.68. The Bertz CT molecular complexity index is 830. The second-order valence-electron chi connectivity index (χ2n) is 4.88. The summed E-state index contributed by atoms with van der Waals surface area (Å²) in [5, 5.41) is 13.9. The SMILES string of the molecule is CC(C)OC(=O)c1ccsc1NC(=O)/C(C#N)=C/c1ccc(Br)s1. The molecule has 0 aromatic carbocycles. The van der Waals surface area contributed by atoms with Crippen LogP contribution >= 0.6 is 38.6 Å². The van der Waals surface area contributed by atoms with Gasteiger partial charge >= 0.3 is 5.97 Å². The molecule has 5 nitrogen and oxygen atoms in total. The number of halogens is 1. The fourth-order valence-corrected chi connectivity index (χ4v) is 3.85. The number of nitrogens with one attached hydrogen (secondary N) is 1. The molecule has 0 unspecified atom stereocenters. The summed E-state index contributed by atoms with van der Waals surface area (Å²) in [5.41, 5.74) is 0.235. The summed E-state index contributed by atoms with van der Waals surface area (Å²) < 4.78 is 6.04. The lowest BCUT2D eigenvalue weighted by atomic mass is 10.2. The number of thiophene rings is 2. The molecule has 0 atom stereocenters. The van der Waals surface area contributed by atoms with Gasteiger partial charge in [-0.05, 0) is 59.4 Å². The molecular formula is C16H13BrN2O3S2. The van der Waals surface area contributed by atoms with E-state index in [-0.39, 0.29) is 17.2 Å². The lowest BCUT2D eigenvalue weighted by molar-refractivity contribution is -0.112. The number of hydrogen-bond acceptors (Lipinski definition) is 6. The second-order valence-corrected chi connectivity index (χ2v) is 8.29. The van der Waals surface area contributed by atoms with Gasteiger partial charge < -0.3 is 10.1 Å². The Hall–Kier alpha value is -1.95. The van der Waals surface area contributed by atoms with E-state index in [2.05, 4.69) is 21.2 Å². The fourth-order valence-electron chi connectivity index (χ4n) is 1.71. The van der Waals surface area contributed by atoms with Crippen LogP contribution in [-0.2, 0) is 9.53 Å². The monoisotopic (exact) mass is 424 g/mol. The number of rotatable bonds is 5. The van der Waals surface area contributed by atoms with Crippen LogP contribution in [0.15, 0.2) is 32.9 Å². The first kappa shape index (κ1) is 18.4. The number of esters is 1. The number of amides is 1. The summed E-state index contributed by atoms with van der Waals surface area (Å²) in [7, 11) is 0. The van der Waals surface area contributed by atoms with Crippen LogP contribution in [0, 0.1) is 11.3 Å². The molecule has 0 saturated carbocycles. The van der Waals surface area contributed by atoms with Gasteiger partial charge in [-0.25, -0.2) is 4.79 Å². The lowest BCUT2D eigenvalue weighted by Crippen LogP contribution is -2.16. The van der Waals surface area contributed by atoms with Gasteiger partial charge in [0.2, 0.25) is 0 Å². The number of nitriles is 1. The number of hydrogen-bond donors (Lipinski definition) is 1. The highest BCUT2D eigenvalue weighted by molar-refractivity contribution is 9.11. The van der Waals surface area contributed by atoms with E-state index in [0.717, 1.165) is 8.66 Å². The summed E-state index contributed by atoms with van der Waals surface area (Å²) in [6.45, 7) is 3.50. The van der Waals surface area contributed by atoms with E-state index < -0.39 is 11.9 Å². The average molecular weight is 425 g/mol. The van der Waals surface area contributed by atoms with Gasteiger partial charge in [-0.2, -0.15) is 5.26 Å². The van der Waals surface area contributed by atoms with Crippen LogP contribution in [0.25, 0.3) is 6.08 Å². The van der Waals surface area contributed by atoms with Crippen LogP contribution in [0.5, 0.6) is 0 Å². The third-order valence-electron chi connectivity index (χ3n) is 2.70. The molecule has 0 bridgehead atoms. The molecular weight excluding hydrogens is 412 g/mol. The van der Waals surface area contributed by atoms with Crippen LogP contribution in [0.4, 0.5) is 5.00 Å². The molecule has 2 aromatic rings. The highest BCUT2D eigenvalue weighted by Crippen LogP contribution is 2.27. The van der Waals surface area contributed by atoms with Gasteiger partial charge in [-0.1, -0.05) is 0 Å². The molecule has 2 aromatic heterocycles. The molecule has 0 aliphatic rings. The molecule has 1 N–H and O–H groups in total. The Kier molecular flexibility index (Phi) is 6.31. The van der Waals surface area contributed by atoms with E-state index in [0.29, 0.717) is 5.00 Å². The number of carbonyl (C=O) groups excluding carboxylic acids is 2. The minimum absolute atomic E-state index is 0.0408. The van der Waals surface area contributed by atoms with Gasteiger partial charge in [-0.15, -0.1) is 22.7 Å². The third kappa shape index (κ3) is 4.77. The molecule has 124 valence electrons. The Morgan fingerprint density at radius 3 is 2.71 bits per heavy atom. The summed E-state index contributed by atoms with van der Waals surface area (Å²) in [6, 6.07) is 7.10. The van der Waals surface area contributed by atoms with Gasteiger partial charge in [-0.3, -0.25) is 4.79 Å². The van der Waals surface area contributed by atoms with Crippen LogP contribution in [-0.4, -0.2) is 18.0 Å². The number of carbonyl (C=O) groups is 2. The normalized spacial score (nSPS) is 11.2. The minimum atomic E-state index is -0.567. The first-order chi connectivity index (χ1) is 11.4. The largest absolute Gasteiger partial charge is 0.459 e. The summed E-state index contributed by atoms with van der Waals surface area (Å²) in [5.74, 6) is -1.07. The minimum Gasteiger partial charge on any atom is -0.459 e. The molecule has 0 radical (unpaired) electrons. The van der Waals surface area contributed by atoms with E-state index in [4.69, 9.17) is 4.74 Å². The number of anilines is 1. The molecule has 0 spiro atoms. The van der Waals surface area contributed by atoms with Gasteiger partial charge in [0.15, 0.2) is 0 Å². The molecule has 24 heavy (non-hydrogen) atoms. The van der Waals surface area contributed by atoms with Crippen molar-refractivity contribution in [1.29, 1.82) is 5.26 Å². The molecule has 0 saturated heterocycles. The van der Waals surface area contributed by atoms with Gasteiger partial charge in [0.1, 0.15) is 16.6 Å². The van der Waals surface area contributed by atoms with E-state index in [9.17, 15) is 14.9 Å². The number of ether oxygens (including phenoxy) is 1. The Morgan fingerprint density at radius 1 is 1.38 bits per heavy atom. The van der Waals surface area contributed by atoms with Gasteiger partial charge in [0.05, 0.1) is 15.5 Å². The van der Waals surface area contributed by atoms with Crippen molar-refractivity contribution in [3.8, 4) is 6.07 Å². The molecule has 8 heteroatoms. The van der Waals surface area contributed by atoms with Gasteiger partial charge in [0, 0.05) is 4.88 Å². The maximum absolute atomic E-state index is 12.3. The smallest absolute Gasteiger partial charge is 0.341 e. The van der Waals surface area contributed by atoms with Crippen molar-refractivity contribution in [2.75, 3.05) is 5.32 Å². The van der Waals surface area contributed by atoms with Crippen molar-refractivity contribution in [1.82, 2.24) is 0 Å². The van der Waals surface area contributed by atoms with Crippen molar-refractivity contribution in [3.05, 3.63) is 43.4 Å². The Labute approximate surface area is 155 Å². The standard InChI is InChI=1S/C16H13BrN2O3S2/c1-9(2)22-16(21)12-5-6-23-15(12)19-14(20)10(8-18)7-11-3-4-13(17)24-11/h3-7,9H,1-2H3,(H,19,20)/b10-7+. The zero-order valence-electron chi connectivity index (χ0n) is 12.8. The first-order valence-electron chi connectivity index (χ1n) is 6.87. The molecule has 2 heterocycles. The van der Waals surface area contributed by atoms with Crippen LogP contribution in [0.1, 0.15) is 29.1 Å². The Balaban J connectivity index is 2.17. The predicted molar refractivity (Wildman–Crippen MR) is 99.1 cm³/mol. The molecule has 0 aliphatic heterocycles. The van der Waals surface area contributed by atoms with Crippen molar-refractivity contribution in [2.24, 2.45) is 0 Å². The van der Waals surface area contributed by atoms with Crippen molar-refractivity contribution in [3.63, 3.8) is 0 Å². The van der Waals surface area contributed by atoms with Crippen molar-refractivity contribution < 1.29 is 14.3 Å². The highest BCUT2D eigenvalue weighted by atomic mass is 79.9. The molecule has 0 fully saturated rings.